The number of hydrogen-bond acceptors (Lipinski definition) is 4. The van der Waals surface area contributed by atoms with E-state index in [0.717, 1.165) is 11.0 Å². The molecule has 2 aromatic heterocycles. The fourth-order valence-corrected chi connectivity index (χ4v) is 4.89. The Bertz CT molecular complexity index is 1530. The van der Waals surface area contributed by atoms with E-state index in [2.05, 4.69) is 9.97 Å². The van der Waals surface area contributed by atoms with Gasteiger partial charge in [0, 0.05) is 57.2 Å². The fourth-order valence-electron chi connectivity index (χ4n) is 4.89. The van der Waals surface area contributed by atoms with Crippen molar-refractivity contribution in [2.45, 2.75) is 26.7 Å². The number of allylic oxidation sites excluding steroid dienone is 6. The lowest BCUT2D eigenvalue weighted by molar-refractivity contribution is -0.116. The predicted octanol–water partition coefficient (Wildman–Crippen LogP) is 6.28. The second-order valence-corrected chi connectivity index (χ2v) is 8.70. The van der Waals surface area contributed by atoms with Gasteiger partial charge in [-0.2, -0.15) is 0 Å². The Labute approximate surface area is 208 Å². The molecule has 0 fully saturated rings. The number of para-hydroxylation sites is 2. The van der Waals surface area contributed by atoms with Gasteiger partial charge in [-0.25, -0.2) is 0 Å². The second-order valence-electron chi connectivity index (χ2n) is 8.70. The fraction of sp³-hybridized carbons (Fsp3) is 0.133. The van der Waals surface area contributed by atoms with Crippen molar-refractivity contribution < 1.29 is 19.8 Å². The summed E-state index contributed by atoms with van der Waals surface area (Å²) in [5.74, 6) is -2.89. The van der Waals surface area contributed by atoms with Gasteiger partial charge >= 0.3 is 0 Å². The van der Waals surface area contributed by atoms with E-state index >= 15 is 0 Å². The number of rotatable bonds is 6. The summed E-state index contributed by atoms with van der Waals surface area (Å²) in [5.41, 5.74) is 3.37. The number of hydrogen-bond donors (Lipinski definition) is 4. The number of aromatic amines is 2. The van der Waals surface area contributed by atoms with Crippen LogP contribution in [-0.2, 0) is 22.4 Å². The van der Waals surface area contributed by atoms with Crippen molar-refractivity contribution in [1.82, 2.24) is 9.97 Å². The standard InChI is InChI=1S/C30H26N2O4/c1-3-5-13-21-23(17-11-7-9-15-19(17)31-21)25-27(33)29(35)26(30(36)28(25)34)24-18-12-8-10-16-20(18)32-22(24)14-6-4-2/h3-12,15-16,31-33,36H,13-14H2,1-2H3. The zero-order chi connectivity index (χ0) is 25.4. The molecule has 0 saturated heterocycles. The number of aliphatic hydroxyl groups is 2. The van der Waals surface area contributed by atoms with Crippen LogP contribution in [0, 0.1) is 0 Å². The van der Waals surface area contributed by atoms with E-state index < -0.39 is 23.1 Å². The summed E-state index contributed by atoms with van der Waals surface area (Å²) in [6, 6.07) is 14.8. The molecule has 0 unspecified atom stereocenters. The Morgan fingerprint density at radius 1 is 0.667 bits per heavy atom. The zero-order valence-corrected chi connectivity index (χ0v) is 20.1. The molecule has 0 saturated carbocycles. The number of fused-ring (bicyclic) bond motifs is 2. The number of benzene rings is 2. The van der Waals surface area contributed by atoms with E-state index in [9.17, 15) is 19.8 Å². The van der Waals surface area contributed by atoms with Crippen LogP contribution in [0.3, 0.4) is 0 Å². The van der Waals surface area contributed by atoms with Gasteiger partial charge in [0.05, 0.1) is 11.1 Å². The first kappa shape index (κ1) is 23.2. The SMILES string of the molecule is CC=CCc1[nH]c2ccccc2c1C1=C(O)C(=O)C(c2c(CC=CC)[nH]c3ccccc23)=C(O)C1=O. The predicted molar refractivity (Wildman–Crippen MR) is 143 cm³/mol. The molecule has 0 radical (unpaired) electrons. The van der Waals surface area contributed by atoms with Crippen LogP contribution in [0.5, 0.6) is 0 Å². The van der Waals surface area contributed by atoms with E-state index in [0.29, 0.717) is 46.1 Å². The summed E-state index contributed by atoms with van der Waals surface area (Å²) in [7, 11) is 0. The van der Waals surface area contributed by atoms with Gasteiger partial charge in [0.15, 0.2) is 11.5 Å². The van der Waals surface area contributed by atoms with Crippen molar-refractivity contribution in [1.29, 1.82) is 0 Å². The van der Waals surface area contributed by atoms with Gasteiger partial charge in [-0.1, -0.05) is 60.7 Å². The highest BCUT2D eigenvalue weighted by Gasteiger charge is 2.39. The third kappa shape index (κ3) is 3.58. The molecule has 0 spiro atoms. The summed E-state index contributed by atoms with van der Waals surface area (Å²) < 4.78 is 0. The number of H-pyrrole nitrogens is 2. The molecule has 0 atom stereocenters. The number of aromatic nitrogens is 2. The summed E-state index contributed by atoms with van der Waals surface area (Å²) in [6.07, 6.45) is 8.54. The quantitative estimate of drug-likeness (QED) is 0.193. The average Bonchev–Trinajstić information content (AvgIpc) is 3.44. The van der Waals surface area contributed by atoms with Gasteiger partial charge in [0.25, 0.3) is 0 Å². The molecule has 2 heterocycles. The van der Waals surface area contributed by atoms with E-state index in [-0.39, 0.29) is 11.1 Å². The van der Waals surface area contributed by atoms with Gasteiger partial charge < -0.3 is 20.2 Å². The minimum absolute atomic E-state index is 0.187. The van der Waals surface area contributed by atoms with E-state index in [1.807, 2.05) is 86.7 Å². The second kappa shape index (κ2) is 9.23. The molecule has 36 heavy (non-hydrogen) atoms. The Kier molecular flexibility index (Phi) is 5.94. The molecule has 6 heteroatoms. The van der Waals surface area contributed by atoms with Gasteiger partial charge in [0.2, 0.25) is 11.6 Å². The molecule has 0 bridgehead atoms. The van der Waals surface area contributed by atoms with Crippen molar-refractivity contribution in [3.63, 3.8) is 0 Å². The molecule has 2 aromatic carbocycles. The Morgan fingerprint density at radius 2 is 1.06 bits per heavy atom. The maximum absolute atomic E-state index is 13.7. The first-order chi connectivity index (χ1) is 17.5. The lowest BCUT2D eigenvalue weighted by atomic mass is 9.84. The van der Waals surface area contributed by atoms with Crippen LogP contribution in [0.4, 0.5) is 0 Å². The molecule has 0 amide bonds. The molecule has 4 N–H and O–H groups in total. The number of nitrogens with one attached hydrogen (secondary N) is 2. The smallest absolute Gasteiger partial charge is 0.232 e. The lowest BCUT2D eigenvalue weighted by Crippen LogP contribution is -2.23. The Balaban J connectivity index is 1.74. The summed E-state index contributed by atoms with van der Waals surface area (Å²) in [6.45, 7) is 3.78. The maximum Gasteiger partial charge on any atom is 0.232 e. The third-order valence-corrected chi connectivity index (χ3v) is 6.54. The van der Waals surface area contributed by atoms with Crippen molar-refractivity contribution >= 4 is 44.5 Å². The maximum atomic E-state index is 13.7. The number of Topliss-reactive ketones (excluding diaryl/α,β-unsaturated/α-hetero) is 2. The molecular weight excluding hydrogens is 452 g/mol. The number of ketones is 2. The topological polar surface area (TPSA) is 106 Å². The van der Waals surface area contributed by atoms with Crippen molar-refractivity contribution in [3.8, 4) is 0 Å². The van der Waals surface area contributed by atoms with Crippen LogP contribution in [-0.4, -0.2) is 31.7 Å². The highest BCUT2D eigenvalue weighted by atomic mass is 16.3. The van der Waals surface area contributed by atoms with Crippen LogP contribution in [0.25, 0.3) is 33.0 Å². The van der Waals surface area contributed by atoms with Crippen molar-refractivity contribution in [2.75, 3.05) is 0 Å². The number of carbonyl (C=O) groups excluding carboxylic acids is 2. The third-order valence-electron chi connectivity index (χ3n) is 6.54. The molecule has 4 aromatic rings. The highest BCUT2D eigenvalue weighted by Crippen LogP contribution is 2.41. The molecule has 180 valence electrons. The van der Waals surface area contributed by atoms with Crippen LogP contribution >= 0.6 is 0 Å². The number of aliphatic hydroxyl groups excluding tert-OH is 2. The number of carbonyl (C=O) groups is 2. The molecular formula is C30H26N2O4. The van der Waals surface area contributed by atoms with Crippen LogP contribution in [0.2, 0.25) is 0 Å². The van der Waals surface area contributed by atoms with Gasteiger partial charge in [-0.15, -0.1) is 0 Å². The minimum Gasteiger partial charge on any atom is -0.504 e. The van der Waals surface area contributed by atoms with Crippen molar-refractivity contribution in [3.05, 3.63) is 107 Å². The van der Waals surface area contributed by atoms with E-state index in [1.54, 1.807) is 0 Å². The average molecular weight is 479 g/mol. The molecule has 1 aliphatic carbocycles. The minimum atomic E-state index is -0.782. The molecule has 5 rings (SSSR count). The largest absolute Gasteiger partial charge is 0.504 e. The summed E-state index contributed by atoms with van der Waals surface area (Å²) in [5, 5.41) is 23.8. The lowest BCUT2D eigenvalue weighted by Gasteiger charge is -2.19. The monoisotopic (exact) mass is 478 g/mol. The Morgan fingerprint density at radius 3 is 1.44 bits per heavy atom. The van der Waals surface area contributed by atoms with Gasteiger partial charge in [0.1, 0.15) is 0 Å². The van der Waals surface area contributed by atoms with Crippen LogP contribution in [0.15, 0.2) is 84.4 Å². The van der Waals surface area contributed by atoms with Crippen molar-refractivity contribution in [2.24, 2.45) is 0 Å². The first-order valence-corrected chi connectivity index (χ1v) is 11.9. The molecule has 1 aliphatic rings. The van der Waals surface area contributed by atoms with Gasteiger partial charge in [-0.3, -0.25) is 9.59 Å². The van der Waals surface area contributed by atoms with Gasteiger partial charge in [-0.05, 0) is 26.0 Å². The van der Waals surface area contributed by atoms with Crippen LogP contribution < -0.4 is 0 Å². The van der Waals surface area contributed by atoms with E-state index in [4.69, 9.17) is 0 Å². The van der Waals surface area contributed by atoms with E-state index in [1.165, 1.54) is 0 Å². The highest BCUT2D eigenvalue weighted by molar-refractivity contribution is 6.48. The normalized spacial score (nSPS) is 15.1. The zero-order valence-electron chi connectivity index (χ0n) is 20.1. The first-order valence-electron chi connectivity index (χ1n) is 11.9. The summed E-state index contributed by atoms with van der Waals surface area (Å²) in [4.78, 5) is 33.9. The molecule has 0 aliphatic heterocycles. The summed E-state index contributed by atoms with van der Waals surface area (Å²) >= 11 is 0. The van der Waals surface area contributed by atoms with Crippen LogP contribution in [0.1, 0.15) is 36.4 Å². The Hall–Kier alpha value is -4.58. The molecule has 6 nitrogen and oxygen atoms in total.